The molecule has 0 bridgehead atoms. The molecule has 2 N–H and O–H groups in total. The van der Waals surface area contributed by atoms with Gasteiger partial charge in [-0.15, -0.1) is 0 Å². The predicted molar refractivity (Wildman–Crippen MR) is 84.7 cm³/mol. The fourth-order valence-corrected chi connectivity index (χ4v) is 4.16. The molecule has 2 fully saturated rings. The van der Waals surface area contributed by atoms with E-state index in [1.54, 1.807) is 0 Å². The molecule has 2 aliphatic carbocycles. The number of rotatable bonds is 4. The van der Waals surface area contributed by atoms with Gasteiger partial charge in [-0.2, -0.15) is 0 Å². The number of aliphatic carboxylic acids is 2. The molecule has 0 aromatic carbocycles. The molecule has 2 saturated carbocycles. The third-order valence-corrected chi connectivity index (χ3v) is 5.28. The first-order valence-corrected chi connectivity index (χ1v) is 8.82. The molecule has 0 saturated heterocycles. The normalized spacial score (nSPS) is 23.3. The second-order valence-electron chi connectivity index (χ2n) is 6.81. The van der Waals surface area contributed by atoms with E-state index in [0.29, 0.717) is 0 Å². The highest BCUT2D eigenvalue weighted by molar-refractivity contribution is 5.99. The van der Waals surface area contributed by atoms with Crippen LogP contribution in [0.4, 0.5) is 0 Å². The Labute approximate surface area is 132 Å². The number of hydrogen-bond donors (Lipinski definition) is 2. The first-order chi connectivity index (χ1) is 10.6. The van der Waals surface area contributed by atoms with Crippen LogP contribution in [-0.2, 0) is 9.59 Å². The molecule has 0 aromatic heterocycles. The Morgan fingerprint density at radius 3 is 1.05 bits per heavy atom. The monoisotopic (exact) mass is 308 g/mol. The minimum atomic E-state index is -1.01. The van der Waals surface area contributed by atoms with Crippen LogP contribution in [0.3, 0.4) is 0 Å². The number of carboxylic acid groups (broad SMARTS) is 2. The summed E-state index contributed by atoms with van der Waals surface area (Å²) < 4.78 is 0. The largest absolute Gasteiger partial charge is 0.478 e. The van der Waals surface area contributed by atoms with E-state index in [2.05, 4.69) is 0 Å². The second kappa shape index (κ2) is 8.35. The number of hydrogen-bond acceptors (Lipinski definition) is 2. The van der Waals surface area contributed by atoms with Crippen molar-refractivity contribution in [2.75, 3.05) is 0 Å². The Morgan fingerprint density at radius 1 is 0.545 bits per heavy atom. The number of carbonyl (C=O) groups is 2. The van der Waals surface area contributed by atoms with Gasteiger partial charge in [0.25, 0.3) is 0 Å². The van der Waals surface area contributed by atoms with Crippen molar-refractivity contribution in [1.29, 1.82) is 0 Å². The van der Waals surface area contributed by atoms with E-state index in [4.69, 9.17) is 0 Å². The molecule has 2 rings (SSSR count). The minimum absolute atomic E-state index is 0.0747. The Kier molecular flexibility index (Phi) is 6.47. The molecule has 0 aliphatic heterocycles. The van der Waals surface area contributed by atoms with E-state index >= 15 is 0 Å². The molecule has 0 radical (unpaired) electrons. The number of carboxylic acids is 2. The predicted octanol–water partition coefficient (Wildman–Crippen LogP) is 4.39. The molecule has 0 heterocycles. The van der Waals surface area contributed by atoms with E-state index in [-0.39, 0.29) is 23.0 Å². The fraction of sp³-hybridized carbons (Fsp3) is 0.778. The van der Waals surface area contributed by atoms with Crippen LogP contribution in [0, 0.1) is 11.8 Å². The first-order valence-electron chi connectivity index (χ1n) is 8.82. The van der Waals surface area contributed by atoms with Crippen LogP contribution in [0.1, 0.15) is 77.0 Å². The molecule has 0 aromatic rings. The van der Waals surface area contributed by atoms with Gasteiger partial charge in [-0.05, 0) is 37.5 Å². The van der Waals surface area contributed by atoms with Crippen molar-refractivity contribution < 1.29 is 19.8 Å². The van der Waals surface area contributed by atoms with E-state index in [1.807, 2.05) is 0 Å². The zero-order valence-corrected chi connectivity index (χ0v) is 13.4. The van der Waals surface area contributed by atoms with Gasteiger partial charge in [0.2, 0.25) is 0 Å². The van der Waals surface area contributed by atoms with Gasteiger partial charge in [-0.3, -0.25) is 0 Å². The summed E-state index contributed by atoms with van der Waals surface area (Å²) in [6.45, 7) is 0. The molecule has 2 aliphatic rings. The Bertz CT molecular complexity index is 382. The molecule has 0 amide bonds. The van der Waals surface area contributed by atoms with Crippen molar-refractivity contribution in [2.45, 2.75) is 77.0 Å². The fourth-order valence-electron chi connectivity index (χ4n) is 4.16. The van der Waals surface area contributed by atoms with Crippen LogP contribution in [0.5, 0.6) is 0 Å². The van der Waals surface area contributed by atoms with E-state index < -0.39 is 11.9 Å². The Hall–Kier alpha value is -1.32. The summed E-state index contributed by atoms with van der Waals surface area (Å²) in [5, 5.41) is 19.4. The standard InChI is InChI=1S/C18H28O4/c19-17(20)15(13-9-5-1-2-6-10-13)16(18(21)22)14-11-7-3-4-8-12-14/h13-14H,1-12H2,(H,19,20)(H,21,22). The van der Waals surface area contributed by atoms with Gasteiger partial charge in [-0.25, -0.2) is 9.59 Å². The average Bonchev–Trinajstić information content (AvgIpc) is 2.88. The van der Waals surface area contributed by atoms with Crippen molar-refractivity contribution >= 4 is 11.9 Å². The van der Waals surface area contributed by atoms with Gasteiger partial charge >= 0.3 is 11.9 Å². The maximum atomic E-state index is 11.9. The van der Waals surface area contributed by atoms with E-state index in [0.717, 1.165) is 77.0 Å². The Morgan fingerprint density at radius 2 is 0.818 bits per heavy atom. The van der Waals surface area contributed by atoms with Crippen LogP contribution >= 0.6 is 0 Å². The topological polar surface area (TPSA) is 74.6 Å². The lowest BCUT2D eigenvalue weighted by Crippen LogP contribution is -2.23. The maximum Gasteiger partial charge on any atom is 0.332 e. The van der Waals surface area contributed by atoms with E-state index in [9.17, 15) is 19.8 Å². The lowest BCUT2D eigenvalue weighted by Gasteiger charge is -2.23. The third-order valence-electron chi connectivity index (χ3n) is 5.28. The van der Waals surface area contributed by atoms with E-state index in [1.165, 1.54) is 0 Å². The Balaban J connectivity index is 2.36. The highest BCUT2D eigenvalue weighted by atomic mass is 16.4. The van der Waals surface area contributed by atoms with Crippen LogP contribution in [0.15, 0.2) is 11.1 Å². The molecule has 4 nitrogen and oxygen atoms in total. The maximum absolute atomic E-state index is 11.9. The van der Waals surface area contributed by atoms with Gasteiger partial charge in [0, 0.05) is 0 Å². The quantitative estimate of drug-likeness (QED) is 0.596. The van der Waals surface area contributed by atoms with Crippen LogP contribution in [0.25, 0.3) is 0 Å². The molecular formula is C18H28O4. The lowest BCUT2D eigenvalue weighted by molar-refractivity contribution is -0.137. The highest BCUT2D eigenvalue weighted by Crippen LogP contribution is 2.36. The van der Waals surface area contributed by atoms with Crippen molar-refractivity contribution in [2.24, 2.45) is 11.8 Å². The summed E-state index contributed by atoms with van der Waals surface area (Å²) in [5.41, 5.74) is 0.447. The molecule has 22 heavy (non-hydrogen) atoms. The summed E-state index contributed by atoms with van der Waals surface area (Å²) >= 11 is 0. The molecule has 4 heteroatoms. The van der Waals surface area contributed by atoms with Crippen molar-refractivity contribution in [1.82, 2.24) is 0 Å². The molecular weight excluding hydrogens is 280 g/mol. The van der Waals surface area contributed by atoms with Crippen LogP contribution in [-0.4, -0.2) is 22.2 Å². The SMILES string of the molecule is O=C(O)C(=C(C(=O)O)C1CCCCCC1)C1CCCCCC1. The summed E-state index contributed by atoms with van der Waals surface area (Å²) in [6, 6.07) is 0. The molecule has 0 unspecified atom stereocenters. The zero-order chi connectivity index (χ0) is 15.9. The van der Waals surface area contributed by atoms with Gasteiger partial charge in [0.1, 0.15) is 0 Å². The average molecular weight is 308 g/mol. The summed E-state index contributed by atoms with van der Waals surface area (Å²) in [5.74, 6) is -2.16. The summed E-state index contributed by atoms with van der Waals surface area (Å²) in [6.07, 6.45) is 11.9. The smallest absolute Gasteiger partial charge is 0.332 e. The molecule has 124 valence electrons. The summed E-state index contributed by atoms with van der Waals surface area (Å²) in [7, 11) is 0. The second-order valence-corrected chi connectivity index (χ2v) is 6.81. The van der Waals surface area contributed by atoms with Gasteiger partial charge in [0.05, 0.1) is 11.1 Å². The van der Waals surface area contributed by atoms with Gasteiger partial charge in [0.15, 0.2) is 0 Å². The zero-order valence-electron chi connectivity index (χ0n) is 13.4. The van der Waals surface area contributed by atoms with Crippen molar-refractivity contribution in [3.8, 4) is 0 Å². The minimum Gasteiger partial charge on any atom is -0.478 e. The van der Waals surface area contributed by atoms with Gasteiger partial charge < -0.3 is 10.2 Å². The van der Waals surface area contributed by atoms with Crippen LogP contribution in [0.2, 0.25) is 0 Å². The van der Waals surface area contributed by atoms with Crippen LogP contribution < -0.4 is 0 Å². The van der Waals surface area contributed by atoms with Crippen molar-refractivity contribution in [3.63, 3.8) is 0 Å². The first kappa shape index (κ1) is 17.0. The van der Waals surface area contributed by atoms with Crippen molar-refractivity contribution in [3.05, 3.63) is 11.1 Å². The highest BCUT2D eigenvalue weighted by Gasteiger charge is 2.32. The lowest BCUT2D eigenvalue weighted by atomic mass is 9.81. The summed E-state index contributed by atoms with van der Waals surface area (Å²) in [4.78, 5) is 23.7. The van der Waals surface area contributed by atoms with Gasteiger partial charge in [-0.1, -0.05) is 51.4 Å². The molecule has 0 atom stereocenters. The third kappa shape index (κ3) is 4.34. The molecule has 0 spiro atoms.